The number of methoxy groups -OCH3 is 1. The second kappa shape index (κ2) is 4.53. The van der Waals surface area contributed by atoms with E-state index in [0.29, 0.717) is 12.6 Å². The van der Waals surface area contributed by atoms with Crippen LogP contribution in [0.3, 0.4) is 0 Å². The Balaban J connectivity index is 2.56. The second-order valence-electron chi connectivity index (χ2n) is 3.75. The summed E-state index contributed by atoms with van der Waals surface area (Å²) in [6.07, 6.45) is 0.982. The number of nitrogens with zero attached hydrogens (tertiary/aromatic N) is 2. The SMILES string of the molecule is CCc1cccc2nc(N)n(CCOC)c12. The Morgan fingerprint density at radius 2 is 2.25 bits per heavy atom. The average Bonchev–Trinajstić information content (AvgIpc) is 2.62. The van der Waals surface area contributed by atoms with Crippen LogP contribution in [0.2, 0.25) is 0 Å². The predicted octanol–water partition coefficient (Wildman–Crippen LogP) is 1.83. The summed E-state index contributed by atoms with van der Waals surface area (Å²) >= 11 is 0. The molecule has 0 unspecified atom stereocenters. The number of fused-ring (bicyclic) bond motifs is 1. The molecule has 16 heavy (non-hydrogen) atoms. The number of hydrogen-bond acceptors (Lipinski definition) is 3. The standard InChI is InChI=1S/C12H17N3O/c1-3-9-5-4-6-10-11(9)15(7-8-16-2)12(13)14-10/h4-6H,3,7-8H2,1-2H3,(H2,13,14). The van der Waals surface area contributed by atoms with E-state index in [1.807, 2.05) is 16.7 Å². The van der Waals surface area contributed by atoms with Crippen molar-refractivity contribution in [3.8, 4) is 0 Å². The lowest BCUT2D eigenvalue weighted by Crippen LogP contribution is -2.08. The van der Waals surface area contributed by atoms with E-state index in [2.05, 4.69) is 18.0 Å². The maximum Gasteiger partial charge on any atom is 0.201 e. The quantitative estimate of drug-likeness (QED) is 0.853. The summed E-state index contributed by atoms with van der Waals surface area (Å²) in [6, 6.07) is 6.13. The third-order valence-corrected chi connectivity index (χ3v) is 2.78. The van der Waals surface area contributed by atoms with Crippen LogP contribution in [-0.4, -0.2) is 23.3 Å². The highest BCUT2D eigenvalue weighted by molar-refractivity contribution is 5.81. The van der Waals surface area contributed by atoms with Gasteiger partial charge in [-0.15, -0.1) is 0 Å². The van der Waals surface area contributed by atoms with E-state index in [4.69, 9.17) is 10.5 Å². The van der Waals surface area contributed by atoms with E-state index in [-0.39, 0.29) is 0 Å². The topological polar surface area (TPSA) is 53.1 Å². The molecule has 4 heteroatoms. The predicted molar refractivity (Wildman–Crippen MR) is 65.4 cm³/mol. The van der Waals surface area contributed by atoms with E-state index in [1.165, 1.54) is 5.56 Å². The molecule has 0 fully saturated rings. The summed E-state index contributed by atoms with van der Waals surface area (Å²) in [6.45, 7) is 3.53. The van der Waals surface area contributed by atoms with Gasteiger partial charge in [0.1, 0.15) is 0 Å². The van der Waals surface area contributed by atoms with Gasteiger partial charge in [-0.2, -0.15) is 0 Å². The molecule has 0 atom stereocenters. The summed E-state index contributed by atoms with van der Waals surface area (Å²) in [5.74, 6) is 0.563. The van der Waals surface area contributed by atoms with Crippen molar-refractivity contribution >= 4 is 17.0 Å². The van der Waals surface area contributed by atoms with Gasteiger partial charge in [-0.1, -0.05) is 19.1 Å². The first-order chi connectivity index (χ1) is 7.77. The highest BCUT2D eigenvalue weighted by Crippen LogP contribution is 2.22. The maximum absolute atomic E-state index is 5.91. The van der Waals surface area contributed by atoms with Crippen LogP contribution in [-0.2, 0) is 17.7 Å². The van der Waals surface area contributed by atoms with Gasteiger partial charge >= 0.3 is 0 Å². The molecule has 1 aromatic heterocycles. The number of para-hydroxylation sites is 1. The highest BCUT2D eigenvalue weighted by atomic mass is 16.5. The molecule has 2 N–H and O–H groups in total. The Labute approximate surface area is 95.0 Å². The number of nitrogen functional groups attached to an aromatic ring is 1. The smallest absolute Gasteiger partial charge is 0.201 e. The van der Waals surface area contributed by atoms with Crippen LogP contribution < -0.4 is 5.73 Å². The number of anilines is 1. The van der Waals surface area contributed by atoms with Crippen LogP contribution in [0.5, 0.6) is 0 Å². The van der Waals surface area contributed by atoms with Crippen molar-refractivity contribution in [1.29, 1.82) is 0 Å². The molecule has 0 bridgehead atoms. The number of aromatic nitrogens is 2. The summed E-state index contributed by atoms with van der Waals surface area (Å²) < 4.78 is 7.11. The molecule has 0 radical (unpaired) electrons. The van der Waals surface area contributed by atoms with Gasteiger partial charge in [0.25, 0.3) is 0 Å². The molecular formula is C12H17N3O. The lowest BCUT2D eigenvalue weighted by atomic mass is 10.1. The molecule has 0 aliphatic heterocycles. The normalized spacial score (nSPS) is 11.1. The van der Waals surface area contributed by atoms with Crippen molar-refractivity contribution < 1.29 is 4.74 Å². The van der Waals surface area contributed by atoms with Crippen molar-refractivity contribution in [3.05, 3.63) is 23.8 Å². The zero-order chi connectivity index (χ0) is 11.5. The summed E-state index contributed by atoms with van der Waals surface area (Å²) in [7, 11) is 1.69. The zero-order valence-corrected chi connectivity index (χ0v) is 9.73. The van der Waals surface area contributed by atoms with E-state index in [0.717, 1.165) is 24.0 Å². The molecule has 1 aromatic carbocycles. The number of nitrogens with two attached hydrogens (primary N) is 1. The molecule has 0 amide bonds. The molecule has 0 saturated carbocycles. The molecular weight excluding hydrogens is 202 g/mol. The van der Waals surface area contributed by atoms with Gasteiger partial charge in [-0.3, -0.25) is 0 Å². The van der Waals surface area contributed by atoms with Gasteiger partial charge in [-0.25, -0.2) is 4.98 Å². The number of ether oxygens (including phenoxy) is 1. The molecule has 0 aliphatic rings. The number of rotatable bonds is 4. The Morgan fingerprint density at radius 1 is 1.44 bits per heavy atom. The monoisotopic (exact) mass is 219 g/mol. The minimum atomic E-state index is 0.563. The molecule has 0 saturated heterocycles. The maximum atomic E-state index is 5.91. The number of hydrogen-bond donors (Lipinski definition) is 1. The first-order valence-electron chi connectivity index (χ1n) is 5.50. The molecule has 0 spiro atoms. The highest BCUT2D eigenvalue weighted by Gasteiger charge is 2.10. The van der Waals surface area contributed by atoms with Gasteiger partial charge in [0.15, 0.2) is 0 Å². The van der Waals surface area contributed by atoms with Crippen molar-refractivity contribution in [3.63, 3.8) is 0 Å². The lowest BCUT2D eigenvalue weighted by molar-refractivity contribution is 0.189. The first-order valence-corrected chi connectivity index (χ1v) is 5.50. The fourth-order valence-electron chi connectivity index (χ4n) is 1.97. The third-order valence-electron chi connectivity index (χ3n) is 2.78. The zero-order valence-electron chi connectivity index (χ0n) is 9.73. The van der Waals surface area contributed by atoms with Gasteiger partial charge in [-0.05, 0) is 18.1 Å². The molecule has 0 aliphatic carbocycles. The van der Waals surface area contributed by atoms with Crippen molar-refractivity contribution in [2.24, 2.45) is 0 Å². The molecule has 1 heterocycles. The van der Waals surface area contributed by atoms with E-state index in [9.17, 15) is 0 Å². The van der Waals surface area contributed by atoms with Crippen LogP contribution in [0.15, 0.2) is 18.2 Å². The molecule has 86 valence electrons. The Hall–Kier alpha value is -1.55. The summed E-state index contributed by atoms with van der Waals surface area (Å²) in [5.41, 5.74) is 9.29. The van der Waals surface area contributed by atoms with Crippen LogP contribution in [0.1, 0.15) is 12.5 Å². The summed E-state index contributed by atoms with van der Waals surface area (Å²) in [5, 5.41) is 0. The van der Waals surface area contributed by atoms with Gasteiger partial charge in [0.05, 0.1) is 17.6 Å². The minimum absolute atomic E-state index is 0.563. The number of aryl methyl sites for hydroxylation is 1. The van der Waals surface area contributed by atoms with Crippen LogP contribution in [0.4, 0.5) is 5.95 Å². The third kappa shape index (κ3) is 1.76. The van der Waals surface area contributed by atoms with Crippen molar-refractivity contribution in [2.75, 3.05) is 19.5 Å². The second-order valence-corrected chi connectivity index (χ2v) is 3.75. The van der Waals surface area contributed by atoms with E-state index < -0.39 is 0 Å². The van der Waals surface area contributed by atoms with Gasteiger partial charge in [0, 0.05) is 13.7 Å². The number of benzene rings is 1. The molecule has 4 nitrogen and oxygen atoms in total. The Kier molecular flexibility index (Phi) is 3.10. The van der Waals surface area contributed by atoms with Crippen LogP contribution in [0.25, 0.3) is 11.0 Å². The van der Waals surface area contributed by atoms with Crippen molar-refractivity contribution in [2.45, 2.75) is 19.9 Å². The lowest BCUT2D eigenvalue weighted by Gasteiger charge is -2.08. The Morgan fingerprint density at radius 3 is 2.94 bits per heavy atom. The van der Waals surface area contributed by atoms with E-state index >= 15 is 0 Å². The molecule has 2 rings (SSSR count). The van der Waals surface area contributed by atoms with Gasteiger partial charge in [0.2, 0.25) is 5.95 Å². The van der Waals surface area contributed by atoms with Crippen LogP contribution in [0, 0.1) is 0 Å². The Bertz CT molecular complexity index is 490. The fraction of sp³-hybridized carbons (Fsp3) is 0.417. The van der Waals surface area contributed by atoms with Crippen molar-refractivity contribution in [1.82, 2.24) is 9.55 Å². The fourth-order valence-corrected chi connectivity index (χ4v) is 1.97. The van der Waals surface area contributed by atoms with Crippen LogP contribution >= 0.6 is 0 Å². The van der Waals surface area contributed by atoms with Gasteiger partial charge < -0.3 is 15.0 Å². The first kappa shape index (κ1) is 11.0. The molecule has 2 aromatic rings. The largest absolute Gasteiger partial charge is 0.383 e. The number of imidazole rings is 1. The van der Waals surface area contributed by atoms with E-state index in [1.54, 1.807) is 7.11 Å². The average molecular weight is 219 g/mol. The summed E-state index contributed by atoms with van der Waals surface area (Å²) in [4.78, 5) is 4.36. The minimum Gasteiger partial charge on any atom is -0.383 e.